The number of hydrogen-bond donors (Lipinski definition) is 1. The highest BCUT2D eigenvalue weighted by atomic mass is 32.2. The van der Waals surface area contributed by atoms with Gasteiger partial charge in [-0.1, -0.05) is 27.7 Å². The number of nitrogens with one attached hydrogen (secondary N) is 1. The molecule has 0 spiro atoms. The van der Waals surface area contributed by atoms with E-state index in [1.807, 2.05) is 13.0 Å². The maximum atomic E-state index is 12.1. The Balaban J connectivity index is 2.71. The lowest BCUT2D eigenvalue weighted by atomic mass is 9.90. The van der Waals surface area contributed by atoms with Crippen molar-refractivity contribution in [3.05, 3.63) is 17.5 Å². The van der Waals surface area contributed by atoms with Gasteiger partial charge >= 0.3 is 0 Å². The number of rotatable bonds is 3. The van der Waals surface area contributed by atoms with Gasteiger partial charge in [-0.15, -0.1) is 0 Å². The van der Waals surface area contributed by atoms with Crippen LogP contribution in [-0.4, -0.2) is 24.9 Å². The Morgan fingerprint density at radius 3 is 2.57 bits per heavy atom. The number of aliphatic imine (C=N–C) groups is 1. The summed E-state index contributed by atoms with van der Waals surface area (Å²) in [6.45, 7) is 12.0. The van der Waals surface area contributed by atoms with Gasteiger partial charge in [0.15, 0.2) is 0 Å². The van der Waals surface area contributed by atoms with Crippen LogP contribution in [-0.2, 0) is 15.4 Å². The summed E-state index contributed by atoms with van der Waals surface area (Å²) in [7, 11) is -3.36. The van der Waals surface area contributed by atoms with Crippen LogP contribution in [0.4, 0.5) is 11.4 Å². The van der Waals surface area contributed by atoms with Gasteiger partial charge in [0.1, 0.15) is 5.69 Å². The molecule has 1 aliphatic rings. The second-order valence-corrected chi connectivity index (χ2v) is 9.34. The Hall–Kier alpha value is -1.43. The number of anilines is 1. The topological polar surface area (TPSA) is 71.4 Å². The number of nitrogens with zero attached hydrogens (tertiary/aromatic N) is 2. The van der Waals surface area contributed by atoms with Gasteiger partial charge in [-0.25, -0.2) is 8.42 Å². The lowest BCUT2D eigenvalue weighted by molar-refractivity contribution is 0.560. The molecular weight excluding hydrogens is 310 g/mol. The summed E-state index contributed by atoms with van der Waals surface area (Å²) >= 11 is 0. The van der Waals surface area contributed by atoms with E-state index in [1.54, 1.807) is 6.92 Å². The van der Waals surface area contributed by atoms with Gasteiger partial charge < -0.3 is 0 Å². The number of aromatic nitrogens is 1. The van der Waals surface area contributed by atoms with E-state index in [2.05, 4.69) is 37.4 Å². The lowest BCUT2D eigenvalue weighted by Crippen LogP contribution is -2.19. The molecule has 2 rings (SSSR count). The van der Waals surface area contributed by atoms with Crippen LogP contribution in [0.25, 0.3) is 0 Å². The van der Waals surface area contributed by atoms with Crippen LogP contribution in [0, 0.1) is 0 Å². The number of pyridine rings is 1. The van der Waals surface area contributed by atoms with Crippen molar-refractivity contribution in [3.8, 4) is 0 Å². The van der Waals surface area contributed by atoms with Crippen molar-refractivity contribution in [1.29, 1.82) is 0 Å². The lowest BCUT2D eigenvalue weighted by Gasteiger charge is -2.23. The van der Waals surface area contributed by atoms with Crippen molar-refractivity contribution in [2.24, 2.45) is 4.99 Å². The summed E-state index contributed by atoms with van der Waals surface area (Å²) in [6, 6.07) is 1.83. The zero-order valence-electron chi connectivity index (χ0n) is 14.9. The third-order valence-corrected chi connectivity index (χ3v) is 5.43. The highest BCUT2D eigenvalue weighted by molar-refractivity contribution is 7.92. The average molecular weight is 337 g/mol. The van der Waals surface area contributed by atoms with E-state index < -0.39 is 10.0 Å². The molecule has 2 heterocycles. The van der Waals surface area contributed by atoms with Crippen LogP contribution in [0.2, 0.25) is 0 Å². The first kappa shape index (κ1) is 17.9. The zero-order valence-corrected chi connectivity index (χ0v) is 15.7. The Labute approximate surface area is 139 Å². The molecule has 0 aliphatic carbocycles. The fourth-order valence-electron chi connectivity index (χ4n) is 2.53. The first-order valence-corrected chi connectivity index (χ1v) is 9.79. The predicted octanol–water partition coefficient (Wildman–Crippen LogP) is 4.13. The Morgan fingerprint density at radius 2 is 2.00 bits per heavy atom. The van der Waals surface area contributed by atoms with Gasteiger partial charge in [0.05, 0.1) is 17.1 Å². The van der Waals surface area contributed by atoms with Crippen LogP contribution >= 0.6 is 0 Å². The summed E-state index contributed by atoms with van der Waals surface area (Å²) < 4.78 is 26.9. The third kappa shape index (κ3) is 4.10. The SMILES string of the molecule is CCS(=O)(=O)Nc1cc(C(C)(C)C)nc2c1N=C(C)CCC2C. The van der Waals surface area contributed by atoms with E-state index in [1.165, 1.54) is 0 Å². The van der Waals surface area contributed by atoms with E-state index in [4.69, 9.17) is 4.98 Å². The molecule has 0 saturated carbocycles. The minimum atomic E-state index is -3.36. The van der Waals surface area contributed by atoms with Gasteiger partial charge in [-0.2, -0.15) is 0 Å². The van der Waals surface area contributed by atoms with Gasteiger partial charge in [-0.3, -0.25) is 14.7 Å². The first-order valence-electron chi connectivity index (χ1n) is 8.13. The fraction of sp³-hybridized carbons (Fsp3) is 0.647. The smallest absolute Gasteiger partial charge is 0.232 e. The molecule has 0 amide bonds. The van der Waals surface area contributed by atoms with E-state index in [-0.39, 0.29) is 17.1 Å². The molecule has 1 aliphatic heterocycles. The number of hydrogen-bond acceptors (Lipinski definition) is 4. The molecule has 1 aromatic heterocycles. The van der Waals surface area contributed by atoms with E-state index >= 15 is 0 Å². The molecule has 0 bridgehead atoms. The minimum Gasteiger partial charge on any atom is -0.281 e. The Kier molecular flexibility index (Phi) is 4.85. The van der Waals surface area contributed by atoms with E-state index in [0.29, 0.717) is 11.4 Å². The monoisotopic (exact) mass is 337 g/mol. The van der Waals surface area contributed by atoms with Gasteiger partial charge in [-0.05, 0) is 32.8 Å². The largest absolute Gasteiger partial charge is 0.281 e. The number of fused-ring (bicyclic) bond motifs is 1. The van der Waals surface area contributed by atoms with Crippen molar-refractivity contribution in [3.63, 3.8) is 0 Å². The summed E-state index contributed by atoms with van der Waals surface area (Å²) in [4.78, 5) is 9.49. The van der Waals surface area contributed by atoms with Gasteiger partial charge in [0, 0.05) is 22.7 Å². The van der Waals surface area contributed by atoms with Crippen LogP contribution in [0.1, 0.15) is 71.7 Å². The highest BCUT2D eigenvalue weighted by Gasteiger charge is 2.26. The standard InChI is InChI=1S/C17H27N3O2S/c1-7-23(21,22)20-13-10-14(17(4,5)6)19-15-11(2)8-9-12(3)18-16(13)15/h10-11H,7-9H2,1-6H3,(H,19,20). The molecule has 0 aromatic carbocycles. The van der Waals surface area contributed by atoms with Gasteiger partial charge in [0.2, 0.25) is 10.0 Å². The van der Waals surface area contributed by atoms with Crippen molar-refractivity contribution in [2.45, 2.75) is 65.7 Å². The Morgan fingerprint density at radius 1 is 1.35 bits per heavy atom. The van der Waals surface area contributed by atoms with Crippen LogP contribution < -0.4 is 4.72 Å². The normalized spacial score (nSPS) is 18.9. The number of sulfonamides is 1. The molecule has 1 aromatic rings. The average Bonchev–Trinajstić information content (AvgIpc) is 2.58. The van der Waals surface area contributed by atoms with Crippen LogP contribution in [0.5, 0.6) is 0 Å². The maximum Gasteiger partial charge on any atom is 0.232 e. The summed E-state index contributed by atoms with van der Waals surface area (Å²) in [6.07, 6.45) is 1.88. The molecule has 1 atom stereocenters. The second-order valence-electron chi connectivity index (χ2n) is 7.33. The molecule has 128 valence electrons. The molecule has 0 fully saturated rings. The molecule has 6 heteroatoms. The molecule has 0 radical (unpaired) electrons. The summed E-state index contributed by atoms with van der Waals surface area (Å²) in [5.41, 5.74) is 3.85. The first-order chi connectivity index (χ1) is 10.5. The Bertz CT molecular complexity index is 731. The van der Waals surface area contributed by atoms with Crippen molar-refractivity contribution >= 4 is 27.1 Å². The molecule has 1 N–H and O–H groups in total. The quantitative estimate of drug-likeness (QED) is 0.901. The van der Waals surface area contributed by atoms with Crippen molar-refractivity contribution in [1.82, 2.24) is 4.98 Å². The summed E-state index contributed by atoms with van der Waals surface area (Å²) in [5, 5.41) is 0. The molecule has 0 saturated heterocycles. The van der Waals surface area contributed by atoms with Crippen molar-refractivity contribution in [2.75, 3.05) is 10.5 Å². The predicted molar refractivity (Wildman–Crippen MR) is 96.4 cm³/mol. The van der Waals surface area contributed by atoms with E-state index in [0.717, 1.165) is 29.9 Å². The highest BCUT2D eigenvalue weighted by Crippen LogP contribution is 2.40. The van der Waals surface area contributed by atoms with Crippen LogP contribution in [0.3, 0.4) is 0 Å². The third-order valence-electron chi connectivity index (χ3n) is 4.14. The summed E-state index contributed by atoms with van der Waals surface area (Å²) in [5.74, 6) is 0.283. The fourth-order valence-corrected chi connectivity index (χ4v) is 3.16. The van der Waals surface area contributed by atoms with Gasteiger partial charge in [0.25, 0.3) is 0 Å². The van der Waals surface area contributed by atoms with E-state index in [9.17, 15) is 8.42 Å². The second kappa shape index (κ2) is 6.23. The maximum absolute atomic E-state index is 12.1. The van der Waals surface area contributed by atoms with Crippen LogP contribution in [0.15, 0.2) is 11.1 Å². The molecular formula is C17H27N3O2S. The zero-order chi connectivity index (χ0) is 17.4. The minimum absolute atomic E-state index is 0.0349. The molecule has 1 unspecified atom stereocenters. The van der Waals surface area contributed by atoms with Crippen molar-refractivity contribution < 1.29 is 8.42 Å². The molecule has 5 nitrogen and oxygen atoms in total. The molecule has 23 heavy (non-hydrogen) atoms.